The minimum Gasteiger partial charge on any atom is -0.360 e. The predicted octanol–water partition coefficient (Wildman–Crippen LogP) is 1.88. The van der Waals surface area contributed by atoms with Crippen molar-refractivity contribution in [2.24, 2.45) is 0 Å². The molecule has 4 heterocycles. The number of carbonyl (C=O) groups is 1. The molecule has 0 atom stereocenters. The predicted molar refractivity (Wildman–Crippen MR) is 106 cm³/mol. The Morgan fingerprint density at radius 1 is 1.28 bits per heavy atom. The molecule has 0 radical (unpaired) electrons. The lowest BCUT2D eigenvalue weighted by Crippen LogP contribution is -2.43. The minimum absolute atomic E-state index is 0.112. The average Bonchev–Trinajstić information content (AvgIpc) is 3.45. The van der Waals surface area contributed by atoms with Crippen LogP contribution in [0.1, 0.15) is 24.5 Å². The first kappa shape index (κ1) is 19.7. The third-order valence-corrected chi connectivity index (χ3v) is 7.63. The Balaban J connectivity index is 1.34. The smallest absolute Gasteiger partial charge is 0.250 e. The number of hydrogen-bond acceptors (Lipinski definition) is 8. The second-order valence-electron chi connectivity index (χ2n) is 6.61. The Morgan fingerprint density at radius 2 is 2.10 bits per heavy atom. The molecule has 0 aromatic carbocycles. The van der Waals surface area contributed by atoms with Gasteiger partial charge in [0, 0.05) is 31.4 Å². The van der Waals surface area contributed by atoms with Crippen molar-refractivity contribution in [1.82, 2.24) is 24.7 Å². The maximum absolute atomic E-state index is 12.4. The third-order valence-electron chi connectivity index (χ3n) is 4.83. The molecule has 4 rings (SSSR count). The standard InChI is InChI=1S/C18H19N5O4S2/c24-16(12-22-29(25,26)17-2-1-9-28-17)23-7-3-13(4-8-23)18-14(10-21-27-18)15-11-19-5-6-20-15/h1-2,5-6,9-11,13,22H,3-4,7-8,12H2. The van der Waals surface area contributed by atoms with Crippen LogP contribution in [0.15, 0.2) is 51.0 Å². The van der Waals surface area contributed by atoms with Gasteiger partial charge in [-0.2, -0.15) is 0 Å². The quantitative estimate of drug-likeness (QED) is 0.630. The molecule has 0 aliphatic carbocycles. The average molecular weight is 434 g/mol. The number of amides is 1. The zero-order valence-corrected chi connectivity index (χ0v) is 17.0. The molecule has 1 aliphatic heterocycles. The number of carbonyl (C=O) groups excluding carboxylic acids is 1. The molecule has 1 aliphatic rings. The van der Waals surface area contributed by atoms with Crippen molar-refractivity contribution in [2.45, 2.75) is 23.0 Å². The SMILES string of the molecule is O=C(CNS(=O)(=O)c1cccs1)N1CCC(c2oncc2-c2cnccn2)CC1. The van der Waals surface area contributed by atoms with E-state index in [2.05, 4.69) is 19.8 Å². The fourth-order valence-electron chi connectivity index (χ4n) is 3.32. The maximum Gasteiger partial charge on any atom is 0.250 e. The second kappa shape index (κ2) is 8.39. The first-order chi connectivity index (χ1) is 14.0. The van der Waals surface area contributed by atoms with Crippen LogP contribution in [0.5, 0.6) is 0 Å². The van der Waals surface area contributed by atoms with Gasteiger partial charge in [-0.05, 0) is 24.3 Å². The topological polar surface area (TPSA) is 118 Å². The number of hydrogen-bond donors (Lipinski definition) is 1. The van der Waals surface area contributed by atoms with Crippen molar-refractivity contribution in [3.63, 3.8) is 0 Å². The van der Waals surface area contributed by atoms with E-state index < -0.39 is 10.0 Å². The van der Waals surface area contributed by atoms with Gasteiger partial charge < -0.3 is 9.42 Å². The van der Waals surface area contributed by atoms with Gasteiger partial charge in [0.05, 0.1) is 30.2 Å². The number of piperidine rings is 1. The monoisotopic (exact) mass is 433 g/mol. The number of likely N-dealkylation sites (tertiary alicyclic amines) is 1. The molecule has 1 amide bonds. The molecule has 152 valence electrons. The van der Waals surface area contributed by atoms with Crippen LogP contribution in [0.2, 0.25) is 0 Å². The lowest BCUT2D eigenvalue weighted by Gasteiger charge is -2.31. The molecule has 0 saturated carbocycles. The van der Waals surface area contributed by atoms with Crippen molar-refractivity contribution in [2.75, 3.05) is 19.6 Å². The van der Waals surface area contributed by atoms with Crippen molar-refractivity contribution in [3.05, 3.63) is 48.1 Å². The number of aromatic nitrogens is 3. The van der Waals surface area contributed by atoms with Gasteiger partial charge >= 0.3 is 0 Å². The van der Waals surface area contributed by atoms with Crippen molar-refractivity contribution >= 4 is 27.3 Å². The second-order valence-corrected chi connectivity index (χ2v) is 9.55. The number of nitrogens with zero attached hydrogens (tertiary/aromatic N) is 4. The lowest BCUT2D eigenvalue weighted by atomic mass is 9.91. The zero-order valence-electron chi connectivity index (χ0n) is 15.4. The number of rotatable bonds is 6. The summed E-state index contributed by atoms with van der Waals surface area (Å²) in [4.78, 5) is 22.5. The summed E-state index contributed by atoms with van der Waals surface area (Å²) in [5, 5.41) is 5.59. The lowest BCUT2D eigenvalue weighted by molar-refractivity contribution is -0.131. The van der Waals surface area contributed by atoms with E-state index in [-0.39, 0.29) is 22.6 Å². The van der Waals surface area contributed by atoms with Gasteiger partial charge in [0.15, 0.2) is 0 Å². The van der Waals surface area contributed by atoms with E-state index in [0.29, 0.717) is 31.6 Å². The zero-order chi connectivity index (χ0) is 20.3. The molecule has 0 bridgehead atoms. The molecule has 1 fully saturated rings. The Labute approximate surface area is 171 Å². The summed E-state index contributed by atoms with van der Waals surface area (Å²) in [6, 6.07) is 3.17. The summed E-state index contributed by atoms with van der Waals surface area (Å²) in [5.41, 5.74) is 1.51. The Kier molecular flexibility index (Phi) is 5.69. The van der Waals surface area contributed by atoms with Crippen LogP contribution in [-0.4, -0.2) is 54.0 Å². The van der Waals surface area contributed by atoms with Crippen LogP contribution in [0, 0.1) is 0 Å². The van der Waals surface area contributed by atoms with Gasteiger partial charge in [-0.1, -0.05) is 11.2 Å². The van der Waals surface area contributed by atoms with Crippen LogP contribution in [0.4, 0.5) is 0 Å². The highest BCUT2D eigenvalue weighted by Crippen LogP contribution is 2.34. The largest absolute Gasteiger partial charge is 0.360 e. The van der Waals surface area contributed by atoms with E-state index in [9.17, 15) is 13.2 Å². The number of nitrogens with one attached hydrogen (secondary N) is 1. The Morgan fingerprint density at radius 3 is 2.79 bits per heavy atom. The summed E-state index contributed by atoms with van der Waals surface area (Å²) in [5.74, 6) is 0.618. The summed E-state index contributed by atoms with van der Waals surface area (Å²) in [6.07, 6.45) is 7.92. The summed E-state index contributed by atoms with van der Waals surface area (Å²) >= 11 is 1.11. The highest BCUT2D eigenvalue weighted by atomic mass is 32.2. The van der Waals surface area contributed by atoms with Gasteiger partial charge in [-0.25, -0.2) is 13.1 Å². The van der Waals surface area contributed by atoms with Crippen LogP contribution >= 0.6 is 11.3 Å². The van der Waals surface area contributed by atoms with Crippen molar-refractivity contribution < 1.29 is 17.7 Å². The fourth-order valence-corrected chi connectivity index (χ4v) is 5.33. The molecule has 11 heteroatoms. The summed E-state index contributed by atoms with van der Waals surface area (Å²) in [6.45, 7) is 0.785. The highest BCUT2D eigenvalue weighted by molar-refractivity contribution is 7.91. The van der Waals surface area contributed by atoms with E-state index in [0.717, 1.165) is 22.7 Å². The molecule has 1 saturated heterocycles. The third kappa shape index (κ3) is 4.36. The van der Waals surface area contributed by atoms with Crippen LogP contribution in [-0.2, 0) is 14.8 Å². The fraction of sp³-hybridized carbons (Fsp3) is 0.333. The molecule has 0 unspecified atom stereocenters. The first-order valence-electron chi connectivity index (χ1n) is 9.06. The van der Waals surface area contributed by atoms with Crippen molar-refractivity contribution in [3.8, 4) is 11.3 Å². The van der Waals surface area contributed by atoms with E-state index in [1.165, 1.54) is 6.07 Å². The summed E-state index contributed by atoms with van der Waals surface area (Å²) in [7, 11) is -3.65. The van der Waals surface area contributed by atoms with Gasteiger partial charge in [0.1, 0.15) is 9.97 Å². The van der Waals surface area contributed by atoms with Crippen LogP contribution in [0.3, 0.4) is 0 Å². The Hall–Kier alpha value is -2.63. The molecule has 3 aromatic heterocycles. The molecule has 1 N–H and O–H groups in total. The van der Waals surface area contributed by atoms with Crippen molar-refractivity contribution in [1.29, 1.82) is 0 Å². The van der Waals surface area contributed by atoms with Gasteiger partial charge in [0.25, 0.3) is 10.0 Å². The highest BCUT2D eigenvalue weighted by Gasteiger charge is 2.29. The normalized spacial score (nSPS) is 15.5. The van der Waals surface area contributed by atoms with E-state index >= 15 is 0 Å². The Bertz CT molecular complexity index is 1060. The molecular formula is C18H19N5O4S2. The maximum atomic E-state index is 12.4. The number of sulfonamides is 1. The number of thiophene rings is 1. The van der Waals surface area contributed by atoms with Crippen LogP contribution < -0.4 is 4.72 Å². The van der Waals surface area contributed by atoms with Gasteiger partial charge in [0.2, 0.25) is 5.91 Å². The molecule has 29 heavy (non-hydrogen) atoms. The molecular weight excluding hydrogens is 414 g/mol. The van der Waals surface area contributed by atoms with Crippen LogP contribution in [0.25, 0.3) is 11.3 Å². The molecule has 0 spiro atoms. The van der Waals surface area contributed by atoms with E-state index in [4.69, 9.17) is 4.52 Å². The summed E-state index contributed by atoms with van der Waals surface area (Å²) < 4.78 is 32.4. The van der Waals surface area contributed by atoms with E-state index in [1.54, 1.807) is 41.1 Å². The van der Waals surface area contributed by atoms with E-state index in [1.807, 2.05) is 0 Å². The molecule has 3 aromatic rings. The van der Waals surface area contributed by atoms with Gasteiger partial charge in [-0.3, -0.25) is 14.8 Å². The minimum atomic E-state index is -3.65. The first-order valence-corrected chi connectivity index (χ1v) is 11.4. The van der Waals surface area contributed by atoms with Gasteiger partial charge in [-0.15, -0.1) is 11.3 Å². The molecule has 9 nitrogen and oxygen atoms in total.